The quantitative estimate of drug-likeness (QED) is 0.235. The lowest BCUT2D eigenvalue weighted by molar-refractivity contribution is 0.127. The summed E-state index contributed by atoms with van der Waals surface area (Å²) in [5, 5.41) is 16.1. The molecular formula is C23H33IN4O4. The maximum absolute atomic E-state index is 9.38. The average molecular weight is 556 g/mol. The molecule has 1 aromatic heterocycles. The molecule has 1 aromatic carbocycles. The number of aliphatic hydroxyl groups is 1. The van der Waals surface area contributed by atoms with Crippen LogP contribution in [-0.4, -0.2) is 56.1 Å². The van der Waals surface area contributed by atoms with Crippen LogP contribution < -0.4 is 20.1 Å². The number of nitrogens with one attached hydrogen (secondary N) is 2. The number of rotatable bonds is 10. The van der Waals surface area contributed by atoms with E-state index in [4.69, 9.17) is 14.2 Å². The molecule has 1 aliphatic heterocycles. The number of pyridine rings is 1. The van der Waals surface area contributed by atoms with E-state index in [9.17, 15) is 5.11 Å². The van der Waals surface area contributed by atoms with Crippen LogP contribution in [0.15, 0.2) is 47.6 Å². The lowest BCUT2D eigenvalue weighted by Crippen LogP contribution is -2.44. The van der Waals surface area contributed by atoms with Crippen molar-refractivity contribution in [2.75, 3.05) is 40.0 Å². The maximum atomic E-state index is 9.38. The number of hydrogen-bond acceptors (Lipinski definition) is 6. The van der Waals surface area contributed by atoms with Crippen molar-refractivity contribution in [1.29, 1.82) is 0 Å². The molecule has 0 saturated carbocycles. The fraction of sp³-hybridized carbons (Fsp3) is 0.478. The highest BCUT2D eigenvalue weighted by molar-refractivity contribution is 14.0. The zero-order valence-electron chi connectivity index (χ0n) is 18.7. The Balaban J connectivity index is 0.00000363. The van der Waals surface area contributed by atoms with Crippen LogP contribution in [0.5, 0.6) is 17.4 Å². The highest BCUT2D eigenvalue weighted by Gasteiger charge is 2.34. The molecule has 0 radical (unpaired) electrons. The predicted molar refractivity (Wildman–Crippen MR) is 135 cm³/mol. The molecule has 1 unspecified atom stereocenters. The first-order chi connectivity index (χ1) is 15.2. The van der Waals surface area contributed by atoms with Crippen molar-refractivity contribution >= 4 is 29.9 Å². The first kappa shape index (κ1) is 26.1. The molecule has 3 N–H and O–H groups in total. The number of aliphatic hydroxyl groups excluding tert-OH is 1. The molecule has 0 amide bonds. The third kappa shape index (κ3) is 7.79. The Morgan fingerprint density at radius 2 is 2.00 bits per heavy atom. The van der Waals surface area contributed by atoms with Gasteiger partial charge in [0.1, 0.15) is 11.5 Å². The molecule has 2 aromatic rings. The minimum Gasteiger partial charge on any atom is -0.494 e. The van der Waals surface area contributed by atoms with Gasteiger partial charge in [-0.25, -0.2) is 4.98 Å². The summed E-state index contributed by atoms with van der Waals surface area (Å²) in [4.78, 5) is 8.60. The Labute approximate surface area is 206 Å². The second-order valence-corrected chi connectivity index (χ2v) is 7.56. The van der Waals surface area contributed by atoms with Gasteiger partial charge in [0.2, 0.25) is 5.88 Å². The zero-order chi connectivity index (χ0) is 21.9. The van der Waals surface area contributed by atoms with Crippen molar-refractivity contribution in [2.45, 2.75) is 26.3 Å². The van der Waals surface area contributed by atoms with E-state index >= 15 is 0 Å². The van der Waals surface area contributed by atoms with E-state index in [2.05, 4.69) is 20.6 Å². The second-order valence-electron chi connectivity index (χ2n) is 7.56. The Hall–Kier alpha value is -2.11. The maximum Gasteiger partial charge on any atom is 0.219 e. The van der Waals surface area contributed by atoms with Crippen LogP contribution in [-0.2, 0) is 11.3 Å². The number of guanidine groups is 1. The average Bonchev–Trinajstić information content (AvgIpc) is 3.25. The van der Waals surface area contributed by atoms with E-state index in [1.54, 1.807) is 13.2 Å². The SMILES string of the molecule is CCOc1ccc(Oc2cc(CNC(=NC)NCC3(CCO)CCOC3)ccn2)cc1.I. The first-order valence-electron chi connectivity index (χ1n) is 10.6. The van der Waals surface area contributed by atoms with Crippen molar-refractivity contribution in [3.05, 3.63) is 48.2 Å². The molecule has 0 aliphatic carbocycles. The summed E-state index contributed by atoms with van der Waals surface area (Å²) in [5.41, 5.74) is 0.982. The predicted octanol–water partition coefficient (Wildman–Crippen LogP) is 3.34. The van der Waals surface area contributed by atoms with Crippen LogP contribution in [0.3, 0.4) is 0 Å². The minimum absolute atomic E-state index is 0. The van der Waals surface area contributed by atoms with E-state index in [1.807, 2.05) is 43.3 Å². The van der Waals surface area contributed by atoms with Crippen molar-refractivity contribution in [3.8, 4) is 17.4 Å². The van der Waals surface area contributed by atoms with Crippen LogP contribution in [0.1, 0.15) is 25.3 Å². The summed E-state index contributed by atoms with van der Waals surface area (Å²) in [6, 6.07) is 11.3. The molecule has 1 saturated heterocycles. The number of halogens is 1. The smallest absolute Gasteiger partial charge is 0.219 e. The van der Waals surface area contributed by atoms with E-state index < -0.39 is 0 Å². The van der Waals surface area contributed by atoms with Gasteiger partial charge >= 0.3 is 0 Å². The third-order valence-electron chi connectivity index (χ3n) is 5.30. The first-order valence-corrected chi connectivity index (χ1v) is 10.6. The van der Waals surface area contributed by atoms with Gasteiger partial charge in [-0.3, -0.25) is 4.99 Å². The molecule has 3 rings (SSSR count). The monoisotopic (exact) mass is 556 g/mol. The van der Waals surface area contributed by atoms with E-state index in [0.29, 0.717) is 50.3 Å². The molecule has 1 aliphatic rings. The molecule has 0 bridgehead atoms. The van der Waals surface area contributed by atoms with E-state index in [-0.39, 0.29) is 36.0 Å². The van der Waals surface area contributed by atoms with Gasteiger partial charge in [-0.05, 0) is 55.7 Å². The third-order valence-corrected chi connectivity index (χ3v) is 5.30. The van der Waals surface area contributed by atoms with Gasteiger partial charge in [-0.2, -0.15) is 0 Å². The number of ether oxygens (including phenoxy) is 3. The summed E-state index contributed by atoms with van der Waals surface area (Å²) in [6.45, 7) is 5.42. The molecule has 9 heteroatoms. The fourth-order valence-corrected chi connectivity index (χ4v) is 3.50. The van der Waals surface area contributed by atoms with Gasteiger partial charge in [-0.15, -0.1) is 24.0 Å². The Kier molecular flexibility index (Phi) is 11.0. The minimum atomic E-state index is -0.0399. The van der Waals surface area contributed by atoms with Crippen molar-refractivity contribution in [3.63, 3.8) is 0 Å². The standard InChI is InChI=1S/C23H32N4O4.HI/c1-3-30-19-4-6-20(7-5-19)31-21-14-18(8-11-25-21)15-26-22(24-2)27-16-23(9-12-28)10-13-29-17-23;/h4-8,11,14,28H,3,9-10,12-13,15-17H2,1-2H3,(H2,24,26,27);1H. The topological polar surface area (TPSA) is 97.2 Å². The number of aliphatic imine (C=N–C) groups is 1. The van der Waals surface area contributed by atoms with Crippen LogP contribution >= 0.6 is 24.0 Å². The molecule has 176 valence electrons. The normalized spacial score (nSPS) is 18.0. The van der Waals surface area contributed by atoms with Gasteiger partial charge in [0.05, 0.1) is 13.2 Å². The summed E-state index contributed by atoms with van der Waals surface area (Å²) >= 11 is 0. The molecular weight excluding hydrogens is 523 g/mol. The van der Waals surface area contributed by atoms with Crippen molar-refractivity contribution in [1.82, 2.24) is 15.6 Å². The van der Waals surface area contributed by atoms with Crippen LogP contribution in [0.4, 0.5) is 0 Å². The number of benzene rings is 1. The highest BCUT2D eigenvalue weighted by Crippen LogP contribution is 2.31. The van der Waals surface area contributed by atoms with Crippen LogP contribution in [0, 0.1) is 5.41 Å². The largest absolute Gasteiger partial charge is 0.494 e. The lowest BCUT2D eigenvalue weighted by atomic mass is 9.84. The van der Waals surface area contributed by atoms with Crippen molar-refractivity contribution in [2.24, 2.45) is 10.4 Å². The number of hydrogen-bond donors (Lipinski definition) is 3. The molecule has 1 fully saturated rings. The number of nitrogens with zero attached hydrogens (tertiary/aromatic N) is 2. The molecule has 1 atom stereocenters. The lowest BCUT2D eigenvalue weighted by Gasteiger charge is -2.27. The Morgan fingerprint density at radius 3 is 2.66 bits per heavy atom. The fourth-order valence-electron chi connectivity index (χ4n) is 3.50. The molecule has 2 heterocycles. The number of aromatic nitrogens is 1. The van der Waals surface area contributed by atoms with Gasteiger partial charge in [0, 0.05) is 51.0 Å². The Bertz CT molecular complexity index is 842. The van der Waals surface area contributed by atoms with Gasteiger partial charge in [-0.1, -0.05) is 0 Å². The van der Waals surface area contributed by atoms with Crippen molar-refractivity contribution < 1.29 is 19.3 Å². The molecule has 8 nitrogen and oxygen atoms in total. The summed E-state index contributed by atoms with van der Waals surface area (Å²) in [7, 11) is 1.74. The summed E-state index contributed by atoms with van der Waals surface area (Å²) < 4.78 is 16.9. The Morgan fingerprint density at radius 1 is 1.22 bits per heavy atom. The van der Waals surface area contributed by atoms with E-state index in [1.165, 1.54) is 0 Å². The summed E-state index contributed by atoms with van der Waals surface area (Å²) in [5.74, 6) is 2.74. The molecule has 32 heavy (non-hydrogen) atoms. The van der Waals surface area contributed by atoms with Gasteiger partial charge < -0.3 is 30.0 Å². The van der Waals surface area contributed by atoms with Gasteiger partial charge in [0.15, 0.2) is 5.96 Å². The van der Waals surface area contributed by atoms with Gasteiger partial charge in [0.25, 0.3) is 0 Å². The van der Waals surface area contributed by atoms with Crippen LogP contribution in [0.2, 0.25) is 0 Å². The highest BCUT2D eigenvalue weighted by atomic mass is 127. The zero-order valence-corrected chi connectivity index (χ0v) is 21.0. The second kappa shape index (κ2) is 13.4. The summed E-state index contributed by atoms with van der Waals surface area (Å²) in [6.07, 6.45) is 3.38. The molecule has 0 spiro atoms. The van der Waals surface area contributed by atoms with Crippen LogP contribution in [0.25, 0.3) is 0 Å². The van der Waals surface area contributed by atoms with E-state index in [0.717, 1.165) is 24.3 Å².